The molecule has 2 aromatic heterocycles. The molecule has 0 radical (unpaired) electrons. The predicted molar refractivity (Wildman–Crippen MR) is 128 cm³/mol. The Morgan fingerprint density at radius 3 is 2.64 bits per heavy atom. The van der Waals surface area contributed by atoms with Gasteiger partial charge in [-0.15, -0.1) is 0 Å². The number of hydrogen-bond acceptors (Lipinski definition) is 7. The van der Waals surface area contributed by atoms with Crippen molar-refractivity contribution in [3.8, 4) is 5.75 Å². The lowest BCUT2D eigenvalue weighted by Crippen LogP contribution is -2.48. The first-order valence-electron chi connectivity index (χ1n) is 10.9. The summed E-state index contributed by atoms with van der Waals surface area (Å²) < 4.78 is 17.1. The van der Waals surface area contributed by atoms with E-state index in [-0.39, 0.29) is 5.91 Å². The second-order valence-electron chi connectivity index (χ2n) is 7.91. The summed E-state index contributed by atoms with van der Waals surface area (Å²) in [6.45, 7) is 4.76. The van der Waals surface area contributed by atoms with Crippen LogP contribution in [-0.2, 0) is 5.75 Å². The number of hydrogen-bond donors (Lipinski definition) is 0. The fraction of sp³-hybridized carbons (Fsp3) is 0.280. The summed E-state index contributed by atoms with van der Waals surface area (Å²) in [5.74, 6) is 2.39. The van der Waals surface area contributed by atoms with Crippen LogP contribution in [0.2, 0.25) is 0 Å². The number of aryl methyl sites for hydroxylation is 1. The maximum atomic E-state index is 13.0. The third kappa shape index (κ3) is 4.43. The fourth-order valence-corrected chi connectivity index (χ4v) is 4.75. The number of para-hydroxylation sites is 3. The lowest BCUT2D eigenvalue weighted by molar-refractivity contribution is 0.0713. The van der Waals surface area contributed by atoms with Gasteiger partial charge in [-0.2, -0.15) is 0 Å². The SMILES string of the molecule is COc1ccccc1N1CCN(C(=O)c2ccc(CSc3nc4c(C)cccc4o3)o2)CC1. The van der Waals surface area contributed by atoms with Crippen molar-refractivity contribution in [1.29, 1.82) is 0 Å². The van der Waals surface area contributed by atoms with Crippen molar-refractivity contribution in [2.45, 2.75) is 17.9 Å². The van der Waals surface area contributed by atoms with Gasteiger partial charge in [0.1, 0.15) is 17.0 Å². The van der Waals surface area contributed by atoms with Crippen molar-refractivity contribution >= 4 is 34.5 Å². The molecule has 1 amide bonds. The molecule has 0 atom stereocenters. The molecular formula is C25H25N3O4S. The number of rotatable bonds is 6. The average Bonchev–Trinajstić information content (AvgIpc) is 3.50. The Labute approximate surface area is 196 Å². The van der Waals surface area contributed by atoms with Crippen LogP contribution in [0.25, 0.3) is 11.1 Å². The summed E-state index contributed by atoms with van der Waals surface area (Å²) in [4.78, 5) is 21.6. The number of carbonyl (C=O) groups excluding carboxylic acids is 1. The topological polar surface area (TPSA) is 72.0 Å². The molecule has 0 N–H and O–H groups in total. The van der Waals surface area contributed by atoms with Crippen LogP contribution in [0.3, 0.4) is 0 Å². The lowest BCUT2D eigenvalue weighted by Gasteiger charge is -2.36. The van der Waals surface area contributed by atoms with E-state index in [4.69, 9.17) is 13.6 Å². The number of piperazine rings is 1. The molecule has 3 heterocycles. The number of furan rings is 1. The van der Waals surface area contributed by atoms with E-state index < -0.39 is 0 Å². The summed E-state index contributed by atoms with van der Waals surface area (Å²) in [5, 5.41) is 0.594. The predicted octanol–water partition coefficient (Wildman–Crippen LogP) is 4.99. The number of amides is 1. The first-order valence-corrected chi connectivity index (χ1v) is 11.9. The Balaban J connectivity index is 1.18. The van der Waals surface area contributed by atoms with Crippen molar-refractivity contribution in [1.82, 2.24) is 9.88 Å². The second kappa shape index (κ2) is 9.23. The highest BCUT2D eigenvalue weighted by Crippen LogP contribution is 2.30. The third-order valence-corrected chi connectivity index (χ3v) is 6.65. The van der Waals surface area contributed by atoms with E-state index in [9.17, 15) is 4.79 Å². The summed E-state index contributed by atoms with van der Waals surface area (Å²) in [6.07, 6.45) is 0. The molecule has 4 aromatic rings. The normalized spacial score (nSPS) is 14.1. The average molecular weight is 464 g/mol. The molecule has 0 aliphatic carbocycles. The van der Waals surface area contributed by atoms with Crippen LogP contribution in [0, 0.1) is 6.92 Å². The van der Waals surface area contributed by atoms with Crippen molar-refractivity contribution in [2.75, 3.05) is 38.2 Å². The van der Waals surface area contributed by atoms with Crippen LogP contribution in [0.1, 0.15) is 21.9 Å². The van der Waals surface area contributed by atoms with Crippen LogP contribution < -0.4 is 9.64 Å². The van der Waals surface area contributed by atoms with Gasteiger partial charge in [0.05, 0.1) is 18.6 Å². The fourth-order valence-electron chi connectivity index (χ4n) is 4.03. The molecule has 1 saturated heterocycles. The molecule has 1 fully saturated rings. The van der Waals surface area contributed by atoms with Gasteiger partial charge < -0.3 is 23.4 Å². The maximum absolute atomic E-state index is 13.0. The largest absolute Gasteiger partial charge is 0.495 e. The third-order valence-electron chi connectivity index (χ3n) is 5.80. The van der Waals surface area contributed by atoms with E-state index in [2.05, 4.69) is 9.88 Å². The van der Waals surface area contributed by atoms with E-state index in [1.165, 1.54) is 11.8 Å². The number of anilines is 1. The van der Waals surface area contributed by atoms with Crippen LogP contribution in [-0.4, -0.2) is 49.1 Å². The molecule has 2 aromatic carbocycles. The Kier molecular flexibility index (Phi) is 6.00. The van der Waals surface area contributed by atoms with E-state index in [0.717, 1.165) is 46.9 Å². The van der Waals surface area contributed by atoms with Crippen LogP contribution in [0.5, 0.6) is 5.75 Å². The Bertz CT molecular complexity index is 1270. The van der Waals surface area contributed by atoms with Gasteiger partial charge in [-0.25, -0.2) is 4.98 Å². The molecule has 33 heavy (non-hydrogen) atoms. The standard InChI is InChI=1S/C25H25N3O4S/c1-17-6-5-9-21-23(17)26-25(32-21)33-16-18-10-11-22(31-18)24(29)28-14-12-27(13-15-28)19-7-3-4-8-20(19)30-2/h3-11H,12-16H2,1-2H3. The molecule has 170 valence electrons. The first kappa shape index (κ1) is 21.5. The minimum absolute atomic E-state index is 0.0802. The van der Waals surface area contributed by atoms with Gasteiger partial charge in [-0.1, -0.05) is 36.0 Å². The number of thioether (sulfide) groups is 1. The Morgan fingerprint density at radius 2 is 1.85 bits per heavy atom. The zero-order valence-corrected chi connectivity index (χ0v) is 19.4. The summed E-state index contributed by atoms with van der Waals surface area (Å²) in [5.41, 5.74) is 3.79. The molecule has 0 bridgehead atoms. The Hall–Kier alpha value is -3.39. The molecule has 0 spiro atoms. The van der Waals surface area contributed by atoms with Gasteiger partial charge in [0.2, 0.25) is 0 Å². The number of benzene rings is 2. The highest BCUT2D eigenvalue weighted by atomic mass is 32.2. The maximum Gasteiger partial charge on any atom is 0.289 e. The van der Waals surface area contributed by atoms with Crippen molar-refractivity contribution in [3.05, 3.63) is 71.7 Å². The molecule has 0 unspecified atom stereocenters. The van der Waals surface area contributed by atoms with Gasteiger partial charge in [-0.05, 0) is 42.8 Å². The molecule has 7 nitrogen and oxygen atoms in total. The molecular weight excluding hydrogens is 438 g/mol. The number of ether oxygens (including phenoxy) is 1. The second-order valence-corrected chi connectivity index (χ2v) is 8.83. The van der Waals surface area contributed by atoms with Crippen LogP contribution in [0.15, 0.2) is 68.7 Å². The molecule has 8 heteroatoms. The molecule has 5 rings (SSSR count). The Morgan fingerprint density at radius 1 is 1.03 bits per heavy atom. The minimum Gasteiger partial charge on any atom is -0.495 e. The highest BCUT2D eigenvalue weighted by molar-refractivity contribution is 7.98. The van der Waals surface area contributed by atoms with Gasteiger partial charge in [-0.3, -0.25) is 4.79 Å². The first-order chi connectivity index (χ1) is 16.1. The number of carbonyl (C=O) groups is 1. The van der Waals surface area contributed by atoms with E-state index >= 15 is 0 Å². The lowest BCUT2D eigenvalue weighted by atomic mass is 10.2. The summed E-state index contributed by atoms with van der Waals surface area (Å²) >= 11 is 1.46. The monoisotopic (exact) mass is 463 g/mol. The zero-order chi connectivity index (χ0) is 22.8. The quantitative estimate of drug-likeness (QED) is 0.373. The van der Waals surface area contributed by atoms with Crippen molar-refractivity contribution < 1.29 is 18.4 Å². The van der Waals surface area contributed by atoms with Crippen molar-refractivity contribution in [3.63, 3.8) is 0 Å². The van der Waals surface area contributed by atoms with Crippen LogP contribution >= 0.6 is 11.8 Å². The van der Waals surface area contributed by atoms with Crippen molar-refractivity contribution in [2.24, 2.45) is 0 Å². The van der Waals surface area contributed by atoms with Gasteiger partial charge in [0, 0.05) is 26.2 Å². The smallest absolute Gasteiger partial charge is 0.289 e. The number of methoxy groups -OCH3 is 1. The number of aromatic nitrogens is 1. The van der Waals surface area contributed by atoms with E-state index in [0.29, 0.717) is 29.8 Å². The van der Waals surface area contributed by atoms with Gasteiger partial charge in [0.25, 0.3) is 11.1 Å². The number of nitrogens with zero attached hydrogens (tertiary/aromatic N) is 3. The number of fused-ring (bicyclic) bond motifs is 1. The minimum atomic E-state index is -0.0802. The van der Waals surface area contributed by atoms with Gasteiger partial charge in [0.15, 0.2) is 11.3 Å². The summed E-state index contributed by atoms with van der Waals surface area (Å²) in [6, 6.07) is 17.4. The van der Waals surface area contributed by atoms with Gasteiger partial charge >= 0.3 is 0 Å². The van der Waals surface area contributed by atoms with E-state index in [1.807, 2.05) is 60.4 Å². The molecule has 1 aliphatic rings. The highest BCUT2D eigenvalue weighted by Gasteiger charge is 2.25. The van der Waals surface area contributed by atoms with Crippen LogP contribution in [0.4, 0.5) is 5.69 Å². The zero-order valence-electron chi connectivity index (χ0n) is 18.6. The summed E-state index contributed by atoms with van der Waals surface area (Å²) in [7, 11) is 1.68. The molecule has 1 aliphatic heterocycles. The number of oxazole rings is 1. The van der Waals surface area contributed by atoms with E-state index in [1.54, 1.807) is 13.2 Å². The molecule has 0 saturated carbocycles.